The number of fused-ring (bicyclic) bond motifs is 1. The Balaban J connectivity index is 1.44. The van der Waals surface area contributed by atoms with Crippen molar-refractivity contribution >= 4 is 23.6 Å². The molecular weight excluding hydrogens is 549 g/mol. The van der Waals surface area contributed by atoms with Crippen LogP contribution in [0.4, 0.5) is 23.7 Å². The van der Waals surface area contributed by atoms with E-state index in [1.165, 1.54) is 12.1 Å². The van der Waals surface area contributed by atoms with Crippen LogP contribution in [0.25, 0.3) is 0 Å². The molecule has 0 aliphatic carbocycles. The lowest BCUT2D eigenvalue weighted by molar-refractivity contribution is -0.138. The molecule has 2 aromatic carbocycles. The molecule has 0 unspecified atom stereocenters. The van der Waals surface area contributed by atoms with Gasteiger partial charge in [-0.15, -0.1) is 0 Å². The van der Waals surface area contributed by atoms with Gasteiger partial charge in [-0.25, -0.2) is 4.79 Å². The molecule has 8 nitrogen and oxygen atoms in total. The minimum atomic E-state index is -4.60. The third-order valence-corrected chi connectivity index (χ3v) is 7.69. The van der Waals surface area contributed by atoms with E-state index >= 15 is 0 Å². The van der Waals surface area contributed by atoms with E-state index in [4.69, 9.17) is 10.5 Å². The number of amides is 3. The van der Waals surface area contributed by atoms with Gasteiger partial charge in [-0.2, -0.15) is 13.2 Å². The Hall–Kier alpha value is -3.60. The predicted octanol–water partition coefficient (Wildman–Crippen LogP) is 5.55. The Labute approximate surface area is 244 Å². The molecule has 4 rings (SSSR count). The molecule has 2 aliphatic heterocycles. The zero-order valence-electron chi connectivity index (χ0n) is 24.5. The molecule has 3 amide bonds. The first-order chi connectivity index (χ1) is 19.6. The lowest BCUT2D eigenvalue weighted by Crippen LogP contribution is -2.42. The number of likely N-dealkylation sites (tertiary alicyclic amines) is 1. The topological polar surface area (TPSA) is 105 Å². The number of carbonyl (C=O) groups excluding carboxylic acids is 3. The summed E-state index contributed by atoms with van der Waals surface area (Å²) in [6.07, 6.45) is -3.64. The summed E-state index contributed by atoms with van der Waals surface area (Å²) in [4.78, 5) is 40.3. The van der Waals surface area contributed by atoms with Crippen molar-refractivity contribution in [1.29, 1.82) is 0 Å². The van der Waals surface area contributed by atoms with Crippen molar-refractivity contribution in [2.45, 2.75) is 71.2 Å². The van der Waals surface area contributed by atoms with Crippen molar-refractivity contribution < 1.29 is 32.3 Å². The van der Waals surface area contributed by atoms with E-state index in [1.54, 1.807) is 37.8 Å². The van der Waals surface area contributed by atoms with Gasteiger partial charge in [0, 0.05) is 37.4 Å². The second-order valence-corrected chi connectivity index (χ2v) is 12.4. The van der Waals surface area contributed by atoms with E-state index in [2.05, 4.69) is 5.32 Å². The highest BCUT2D eigenvalue weighted by Gasteiger charge is 2.35. The zero-order valence-corrected chi connectivity index (χ0v) is 24.5. The van der Waals surface area contributed by atoms with E-state index in [0.717, 1.165) is 17.2 Å². The number of rotatable bonds is 6. The normalized spacial score (nSPS) is 18.4. The van der Waals surface area contributed by atoms with Crippen molar-refractivity contribution in [2.75, 3.05) is 31.5 Å². The number of benzene rings is 2. The quantitative estimate of drug-likeness (QED) is 0.460. The van der Waals surface area contributed by atoms with E-state index in [1.807, 2.05) is 17.9 Å². The maximum Gasteiger partial charge on any atom is 0.416 e. The number of primary amides is 1. The number of alkyl halides is 3. The first kappa shape index (κ1) is 31.3. The van der Waals surface area contributed by atoms with Gasteiger partial charge in [-0.05, 0) is 92.8 Å². The van der Waals surface area contributed by atoms with E-state index in [9.17, 15) is 27.6 Å². The number of hydrogen-bond donors (Lipinski definition) is 2. The van der Waals surface area contributed by atoms with Crippen LogP contribution in [0.1, 0.15) is 79.1 Å². The average Bonchev–Trinajstić information content (AvgIpc) is 2.87. The number of nitrogens with zero attached hydrogens (tertiary/aromatic N) is 2. The van der Waals surface area contributed by atoms with Crippen molar-refractivity contribution in [1.82, 2.24) is 9.80 Å². The van der Waals surface area contributed by atoms with Gasteiger partial charge in [-0.3, -0.25) is 14.5 Å². The summed E-state index contributed by atoms with van der Waals surface area (Å²) >= 11 is 0. The number of anilines is 1. The number of hydrogen-bond acceptors (Lipinski definition) is 5. The van der Waals surface area contributed by atoms with Gasteiger partial charge in [0.1, 0.15) is 5.60 Å². The lowest BCUT2D eigenvalue weighted by Gasteiger charge is -2.33. The highest BCUT2D eigenvalue weighted by atomic mass is 19.4. The highest BCUT2D eigenvalue weighted by molar-refractivity contribution is 6.04. The van der Waals surface area contributed by atoms with Gasteiger partial charge in [0.05, 0.1) is 12.1 Å². The summed E-state index contributed by atoms with van der Waals surface area (Å²) in [5, 5.41) is 2.62. The van der Waals surface area contributed by atoms with Crippen LogP contribution in [0.2, 0.25) is 0 Å². The van der Waals surface area contributed by atoms with Crippen LogP contribution in [0, 0.1) is 5.92 Å². The minimum Gasteiger partial charge on any atom is -0.444 e. The van der Waals surface area contributed by atoms with Gasteiger partial charge in [0.25, 0.3) is 5.91 Å². The monoisotopic (exact) mass is 588 g/mol. The van der Waals surface area contributed by atoms with Crippen molar-refractivity contribution in [3.8, 4) is 0 Å². The SMILES string of the molecule is C[C@H]1CN(CC(N)=O)Cc2cc(C(=O)Nc3ccc(CC4CCN(C(=O)OC(C)(C)C)CC4)c(C(F)(F)F)c3)ccc21. The molecule has 0 radical (unpaired) electrons. The van der Waals surface area contributed by atoms with E-state index in [-0.39, 0.29) is 36.1 Å². The Kier molecular flexibility index (Phi) is 9.20. The fraction of sp³-hybridized carbons (Fsp3) is 0.516. The zero-order chi connectivity index (χ0) is 30.8. The lowest BCUT2D eigenvalue weighted by atomic mass is 9.88. The van der Waals surface area contributed by atoms with Crippen molar-refractivity contribution in [3.05, 3.63) is 64.2 Å². The van der Waals surface area contributed by atoms with Crippen LogP contribution in [0.3, 0.4) is 0 Å². The van der Waals surface area contributed by atoms with E-state index in [0.29, 0.717) is 44.6 Å². The molecule has 0 bridgehead atoms. The second-order valence-electron chi connectivity index (χ2n) is 12.4. The first-order valence-corrected chi connectivity index (χ1v) is 14.2. The Bertz CT molecular complexity index is 1330. The average molecular weight is 589 g/mol. The number of piperidine rings is 1. The number of ether oxygens (including phenoxy) is 1. The maximum absolute atomic E-state index is 14.1. The summed E-state index contributed by atoms with van der Waals surface area (Å²) in [5.41, 5.74) is 6.43. The third-order valence-electron chi connectivity index (χ3n) is 7.69. The number of nitrogens with two attached hydrogens (primary N) is 1. The van der Waals surface area contributed by atoms with Crippen molar-refractivity contribution in [3.63, 3.8) is 0 Å². The summed E-state index contributed by atoms with van der Waals surface area (Å²) in [7, 11) is 0. The molecule has 11 heteroatoms. The molecular formula is C31H39F3N4O4. The number of nitrogens with one attached hydrogen (secondary N) is 1. The van der Waals surface area contributed by atoms with Crippen LogP contribution in [-0.4, -0.2) is 59.5 Å². The van der Waals surface area contributed by atoms with Gasteiger partial charge >= 0.3 is 12.3 Å². The molecule has 2 aliphatic rings. The second kappa shape index (κ2) is 12.3. The van der Waals surface area contributed by atoms with Crippen LogP contribution in [0.5, 0.6) is 0 Å². The summed E-state index contributed by atoms with van der Waals surface area (Å²) < 4.78 is 47.7. The van der Waals surface area contributed by atoms with Crippen LogP contribution in [0.15, 0.2) is 36.4 Å². The van der Waals surface area contributed by atoms with Gasteiger partial charge < -0.3 is 20.7 Å². The Morgan fingerprint density at radius 3 is 2.36 bits per heavy atom. The van der Waals surface area contributed by atoms with E-state index < -0.39 is 35.2 Å². The fourth-order valence-corrected chi connectivity index (χ4v) is 5.75. The van der Waals surface area contributed by atoms with Gasteiger partial charge in [-0.1, -0.05) is 19.1 Å². The molecule has 0 spiro atoms. The maximum atomic E-state index is 14.1. The molecule has 42 heavy (non-hydrogen) atoms. The molecule has 2 heterocycles. The molecule has 1 atom stereocenters. The van der Waals surface area contributed by atoms with Crippen molar-refractivity contribution in [2.24, 2.45) is 11.7 Å². The Morgan fingerprint density at radius 1 is 1.05 bits per heavy atom. The largest absolute Gasteiger partial charge is 0.444 e. The van der Waals surface area contributed by atoms with Gasteiger partial charge in [0.15, 0.2) is 0 Å². The Morgan fingerprint density at radius 2 is 1.74 bits per heavy atom. The molecule has 0 aromatic heterocycles. The standard InChI is InChI=1S/C31H39F3N4O4/c1-19-16-37(18-27(35)39)17-23-14-22(6-8-25(19)23)28(40)36-24-7-5-21(26(15-24)31(32,33)34)13-20-9-11-38(12-10-20)29(41)42-30(2,3)4/h5-8,14-15,19-20H,9-13,16-18H2,1-4H3,(H2,35,39)(H,36,40)/t19-/m0/s1. The molecule has 0 saturated carbocycles. The molecule has 228 valence electrons. The predicted molar refractivity (Wildman–Crippen MR) is 153 cm³/mol. The number of carbonyl (C=O) groups is 3. The minimum absolute atomic E-state index is 0.0164. The summed E-state index contributed by atoms with van der Waals surface area (Å²) in [6, 6.07) is 9.14. The summed E-state index contributed by atoms with van der Waals surface area (Å²) in [5.74, 6) is -0.837. The fourth-order valence-electron chi connectivity index (χ4n) is 5.75. The van der Waals surface area contributed by atoms with Crippen LogP contribution < -0.4 is 11.1 Å². The van der Waals surface area contributed by atoms with Crippen LogP contribution >= 0.6 is 0 Å². The first-order valence-electron chi connectivity index (χ1n) is 14.2. The molecule has 3 N–H and O–H groups in total. The number of halogens is 3. The molecule has 1 saturated heterocycles. The van der Waals surface area contributed by atoms with Crippen LogP contribution in [-0.2, 0) is 28.7 Å². The smallest absolute Gasteiger partial charge is 0.416 e. The summed E-state index contributed by atoms with van der Waals surface area (Å²) in [6.45, 7) is 9.46. The molecule has 2 aromatic rings. The third kappa shape index (κ3) is 8.02. The molecule has 1 fully saturated rings. The van der Waals surface area contributed by atoms with Gasteiger partial charge in [0.2, 0.25) is 5.91 Å². The highest BCUT2D eigenvalue weighted by Crippen LogP contribution is 2.36.